The molecule has 0 heteroatoms. The summed E-state index contributed by atoms with van der Waals surface area (Å²) in [7, 11) is 0. The van der Waals surface area contributed by atoms with Crippen molar-refractivity contribution in [2.75, 3.05) is 0 Å². The third kappa shape index (κ3) is 13.2. The van der Waals surface area contributed by atoms with Crippen molar-refractivity contribution in [3.63, 3.8) is 0 Å². The Morgan fingerprint density at radius 3 is 1.23 bits per heavy atom. The summed E-state index contributed by atoms with van der Waals surface area (Å²) in [5, 5.41) is 0. The molecule has 156 valence electrons. The lowest BCUT2D eigenvalue weighted by Crippen LogP contribution is -2.12. The van der Waals surface area contributed by atoms with Gasteiger partial charge in [0.05, 0.1) is 0 Å². The van der Waals surface area contributed by atoms with Gasteiger partial charge in [-0.05, 0) is 11.8 Å². The first-order valence-corrected chi connectivity index (χ1v) is 12.9. The molecule has 0 unspecified atom stereocenters. The van der Waals surface area contributed by atoms with Crippen molar-refractivity contribution in [2.24, 2.45) is 11.8 Å². The second-order valence-corrected chi connectivity index (χ2v) is 9.33. The lowest BCUT2D eigenvalue weighted by molar-refractivity contribution is 0.280. The van der Waals surface area contributed by atoms with E-state index in [0.29, 0.717) is 0 Å². The summed E-state index contributed by atoms with van der Waals surface area (Å²) >= 11 is 0. The zero-order valence-electron chi connectivity index (χ0n) is 18.7. The van der Waals surface area contributed by atoms with Crippen molar-refractivity contribution in [1.82, 2.24) is 0 Å². The van der Waals surface area contributed by atoms with Crippen LogP contribution in [-0.4, -0.2) is 0 Å². The van der Waals surface area contributed by atoms with Crippen LogP contribution >= 0.6 is 0 Å². The highest BCUT2D eigenvalue weighted by atomic mass is 14.3. The minimum atomic E-state index is 1.08. The highest BCUT2D eigenvalue weighted by molar-refractivity contribution is 4.75. The Kier molecular flexibility index (Phi) is 17.0. The van der Waals surface area contributed by atoms with E-state index >= 15 is 0 Å². The molecule has 0 heterocycles. The summed E-state index contributed by atoms with van der Waals surface area (Å²) < 4.78 is 0. The van der Waals surface area contributed by atoms with Crippen LogP contribution in [-0.2, 0) is 0 Å². The number of unbranched alkanes of at least 4 members (excludes halogenated alkanes) is 14. The fourth-order valence-electron chi connectivity index (χ4n) is 5.13. The van der Waals surface area contributed by atoms with Gasteiger partial charge in [0.2, 0.25) is 0 Å². The topological polar surface area (TPSA) is 0 Å². The molecule has 0 amide bonds. The summed E-state index contributed by atoms with van der Waals surface area (Å²) in [6.07, 6.45) is 32.9. The molecule has 0 bridgehead atoms. The Morgan fingerprint density at radius 2 is 0.846 bits per heavy atom. The van der Waals surface area contributed by atoms with Gasteiger partial charge in [-0.3, -0.25) is 0 Å². The SMILES string of the molecule is CCCCCCCCCCC(CCCCCCCCCC)C1CCCC1. The Balaban J connectivity index is 2.04. The van der Waals surface area contributed by atoms with Crippen molar-refractivity contribution in [3.05, 3.63) is 0 Å². The second kappa shape index (κ2) is 18.4. The van der Waals surface area contributed by atoms with Crippen LogP contribution in [0.25, 0.3) is 0 Å². The van der Waals surface area contributed by atoms with Gasteiger partial charge in [-0.2, -0.15) is 0 Å². The molecule has 0 spiro atoms. The quantitative estimate of drug-likeness (QED) is 0.200. The molecular weight excluding hydrogens is 312 g/mol. The molecule has 0 saturated heterocycles. The molecule has 0 N–H and O–H groups in total. The lowest BCUT2D eigenvalue weighted by atomic mass is 9.82. The molecule has 0 aromatic rings. The van der Waals surface area contributed by atoms with Crippen LogP contribution in [0.4, 0.5) is 0 Å². The van der Waals surface area contributed by atoms with Crippen LogP contribution in [0.2, 0.25) is 0 Å². The van der Waals surface area contributed by atoms with E-state index in [9.17, 15) is 0 Å². The van der Waals surface area contributed by atoms with Gasteiger partial charge in [-0.15, -0.1) is 0 Å². The maximum absolute atomic E-state index is 2.32. The van der Waals surface area contributed by atoms with Crippen molar-refractivity contribution in [1.29, 1.82) is 0 Å². The van der Waals surface area contributed by atoms with Gasteiger partial charge in [-0.1, -0.05) is 155 Å². The van der Waals surface area contributed by atoms with Crippen LogP contribution in [0.1, 0.15) is 155 Å². The highest BCUT2D eigenvalue weighted by Crippen LogP contribution is 2.37. The van der Waals surface area contributed by atoms with Crippen LogP contribution in [0, 0.1) is 11.8 Å². The van der Waals surface area contributed by atoms with E-state index in [1.54, 1.807) is 25.7 Å². The summed E-state index contributed by atoms with van der Waals surface area (Å²) in [6, 6.07) is 0. The first-order chi connectivity index (χ1) is 12.9. The maximum atomic E-state index is 2.32. The van der Waals surface area contributed by atoms with E-state index < -0.39 is 0 Å². The van der Waals surface area contributed by atoms with Crippen molar-refractivity contribution < 1.29 is 0 Å². The van der Waals surface area contributed by atoms with Gasteiger partial charge in [0.1, 0.15) is 0 Å². The average Bonchev–Trinajstić information content (AvgIpc) is 3.19. The lowest BCUT2D eigenvalue weighted by Gasteiger charge is -2.23. The molecule has 0 aromatic heterocycles. The molecule has 0 aromatic carbocycles. The van der Waals surface area contributed by atoms with E-state index in [1.807, 2.05) is 0 Å². The number of rotatable bonds is 19. The molecule has 0 radical (unpaired) electrons. The minimum absolute atomic E-state index is 1.08. The molecular formula is C26H52. The van der Waals surface area contributed by atoms with Crippen LogP contribution in [0.5, 0.6) is 0 Å². The summed E-state index contributed by atoms with van der Waals surface area (Å²) in [5.41, 5.74) is 0. The van der Waals surface area contributed by atoms with Crippen molar-refractivity contribution in [3.8, 4) is 0 Å². The first kappa shape index (κ1) is 24.0. The van der Waals surface area contributed by atoms with E-state index in [0.717, 1.165) is 11.8 Å². The van der Waals surface area contributed by atoms with Gasteiger partial charge >= 0.3 is 0 Å². The molecule has 26 heavy (non-hydrogen) atoms. The zero-order valence-corrected chi connectivity index (χ0v) is 18.7. The average molecular weight is 365 g/mol. The monoisotopic (exact) mass is 364 g/mol. The minimum Gasteiger partial charge on any atom is -0.0654 e. The Hall–Kier alpha value is 0. The van der Waals surface area contributed by atoms with E-state index in [-0.39, 0.29) is 0 Å². The van der Waals surface area contributed by atoms with Crippen LogP contribution in [0.15, 0.2) is 0 Å². The van der Waals surface area contributed by atoms with Crippen molar-refractivity contribution in [2.45, 2.75) is 155 Å². The van der Waals surface area contributed by atoms with Gasteiger partial charge in [0, 0.05) is 0 Å². The second-order valence-electron chi connectivity index (χ2n) is 9.33. The maximum Gasteiger partial charge on any atom is -0.0386 e. The molecule has 1 aliphatic carbocycles. The van der Waals surface area contributed by atoms with E-state index in [4.69, 9.17) is 0 Å². The summed E-state index contributed by atoms with van der Waals surface area (Å²) in [4.78, 5) is 0. The molecule has 0 nitrogen and oxygen atoms in total. The standard InChI is InChI=1S/C26H52/c1-3-5-7-9-11-13-15-17-21-25(26-23-19-20-24-26)22-18-16-14-12-10-8-6-4-2/h25-26H,3-24H2,1-2H3. The zero-order chi connectivity index (χ0) is 18.7. The number of hydrogen-bond donors (Lipinski definition) is 0. The third-order valence-corrected chi connectivity index (χ3v) is 6.92. The van der Waals surface area contributed by atoms with Gasteiger partial charge < -0.3 is 0 Å². The molecule has 0 atom stereocenters. The van der Waals surface area contributed by atoms with Crippen LogP contribution < -0.4 is 0 Å². The van der Waals surface area contributed by atoms with E-state index in [2.05, 4.69) is 13.8 Å². The van der Waals surface area contributed by atoms with Crippen LogP contribution in [0.3, 0.4) is 0 Å². The van der Waals surface area contributed by atoms with Crippen molar-refractivity contribution >= 4 is 0 Å². The molecule has 1 rings (SSSR count). The fraction of sp³-hybridized carbons (Fsp3) is 1.00. The van der Waals surface area contributed by atoms with Gasteiger partial charge in [-0.25, -0.2) is 0 Å². The summed E-state index contributed by atoms with van der Waals surface area (Å²) in [6.45, 7) is 4.63. The van der Waals surface area contributed by atoms with Gasteiger partial charge in [0.15, 0.2) is 0 Å². The smallest absolute Gasteiger partial charge is 0.0386 e. The largest absolute Gasteiger partial charge is 0.0654 e. The highest BCUT2D eigenvalue weighted by Gasteiger charge is 2.24. The normalized spacial score (nSPS) is 15.3. The Bertz CT molecular complexity index is 243. The molecule has 0 aliphatic heterocycles. The molecule has 1 saturated carbocycles. The summed E-state index contributed by atoms with van der Waals surface area (Å²) in [5.74, 6) is 2.18. The Labute approximate surface area is 167 Å². The van der Waals surface area contributed by atoms with Gasteiger partial charge in [0.25, 0.3) is 0 Å². The Morgan fingerprint density at radius 1 is 0.500 bits per heavy atom. The third-order valence-electron chi connectivity index (χ3n) is 6.92. The predicted octanol–water partition coefficient (Wildman–Crippen LogP) is 9.85. The van der Waals surface area contributed by atoms with E-state index in [1.165, 1.54) is 116 Å². The molecule has 1 aliphatic rings. The first-order valence-electron chi connectivity index (χ1n) is 12.9. The fourth-order valence-corrected chi connectivity index (χ4v) is 5.13. The predicted molar refractivity (Wildman–Crippen MR) is 120 cm³/mol. The number of hydrogen-bond acceptors (Lipinski definition) is 0. The molecule has 1 fully saturated rings.